The second-order valence-corrected chi connectivity index (χ2v) is 6.27. The number of aryl methyl sites for hydroxylation is 1. The number of rotatable bonds is 4. The van der Waals surface area contributed by atoms with Crippen molar-refractivity contribution in [2.24, 2.45) is 0 Å². The van der Waals surface area contributed by atoms with Crippen LogP contribution >= 0.6 is 35.0 Å². The van der Waals surface area contributed by atoms with E-state index in [0.29, 0.717) is 21.4 Å². The molecule has 0 aliphatic heterocycles. The van der Waals surface area contributed by atoms with Gasteiger partial charge in [-0.1, -0.05) is 35.3 Å². The Balaban J connectivity index is 1.99. The van der Waals surface area contributed by atoms with Crippen LogP contribution in [0.15, 0.2) is 41.3 Å². The molecule has 3 nitrogen and oxygen atoms in total. The van der Waals surface area contributed by atoms with Gasteiger partial charge >= 0.3 is 0 Å². The van der Waals surface area contributed by atoms with Crippen molar-refractivity contribution in [3.8, 4) is 0 Å². The largest absolute Gasteiger partial charge is 0.399 e. The second kappa shape index (κ2) is 7.07. The van der Waals surface area contributed by atoms with Crippen molar-refractivity contribution in [3.05, 3.63) is 52.0 Å². The zero-order chi connectivity index (χ0) is 15.4. The van der Waals surface area contributed by atoms with Crippen LogP contribution in [0.1, 0.15) is 5.56 Å². The Morgan fingerprint density at radius 2 is 2.05 bits per heavy atom. The van der Waals surface area contributed by atoms with Crippen LogP contribution in [0.25, 0.3) is 0 Å². The fourth-order valence-corrected chi connectivity index (χ4v) is 2.92. The third-order valence-electron chi connectivity index (χ3n) is 2.80. The Morgan fingerprint density at radius 3 is 2.81 bits per heavy atom. The van der Waals surface area contributed by atoms with Crippen LogP contribution in [0.5, 0.6) is 0 Å². The number of hydrogen-bond donors (Lipinski definition) is 2. The summed E-state index contributed by atoms with van der Waals surface area (Å²) < 4.78 is 0. The number of hydrogen-bond acceptors (Lipinski definition) is 3. The average Bonchev–Trinajstić information content (AvgIpc) is 2.45. The molecule has 0 fully saturated rings. The van der Waals surface area contributed by atoms with Crippen molar-refractivity contribution in [1.29, 1.82) is 0 Å². The van der Waals surface area contributed by atoms with Crippen molar-refractivity contribution in [1.82, 2.24) is 0 Å². The maximum absolute atomic E-state index is 12.0. The minimum Gasteiger partial charge on any atom is -0.399 e. The first kappa shape index (κ1) is 16.0. The van der Waals surface area contributed by atoms with Gasteiger partial charge in [-0.2, -0.15) is 0 Å². The highest BCUT2D eigenvalue weighted by atomic mass is 35.5. The fourth-order valence-electron chi connectivity index (χ4n) is 1.70. The molecule has 2 aromatic carbocycles. The van der Waals surface area contributed by atoms with E-state index in [4.69, 9.17) is 28.9 Å². The Morgan fingerprint density at radius 1 is 1.29 bits per heavy atom. The Labute approximate surface area is 137 Å². The predicted molar refractivity (Wildman–Crippen MR) is 91.4 cm³/mol. The number of anilines is 2. The van der Waals surface area contributed by atoms with E-state index in [1.54, 1.807) is 18.2 Å². The van der Waals surface area contributed by atoms with Crippen molar-refractivity contribution in [3.63, 3.8) is 0 Å². The number of nitrogens with one attached hydrogen (secondary N) is 1. The Bertz CT molecular complexity index is 677. The first-order valence-corrected chi connectivity index (χ1v) is 7.94. The molecule has 3 N–H and O–H groups in total. The topological polar surface area (TPSA) is 55.1 Å². The molecular weight excluding hydrogens is 327 g/mol. The number of thioether (sulfide) groups is 1. The maximum Gasteiger partial charge on any atom is 0.234 e. The number of nitrogen functional groups attached to an aromatic ring is 1. The summed E-state index contributed by atoms with van der Waals surface area (Å²) in [6, 6.07) is 10.8. The molecule has 6 heteroatoms. The highest BCUT2D eigenvalue weighted by molar-refractivity contribution is 8.00. The third-order valence-corrected chi connectivity index (χ3v) is 4.77. The molecule has 0 spiro atoms. The molecule has 0 bridgehead atoms. The molecule has 110 valence electrons. The third kappa shape index (κ3) is 4.30. The molecule has 0 aromatic heterocycles. The van der Waals surface area contributed by atoms with Gasteiger partial charge in [0.2, 0.25) is 5.91 Å². The fraction of sp³-hybridized carbons (Fsp3) is 0.133. The lowest BCUT2D eigenvalue weighted by molar-refractivity contribution is -0.113. The Kier molecular flexibility index (Phi) is 5.39. The summed E-state index contributed by atoms with van der Waals surface area (Å²) in [6.45, 7) is 1.98. The number of halogens is 2. The smallest absolute Gasteiger partial charge is 0.234 e. The SMILES string of the molecule is Cc1ccc(N)cc1SCC(=O)Nc1cccc(Cl)c1Cl. The first-order valence-electron chi connectivity index (χ1n) is 6.20. The summed E-state index contributed by atoms with van der Waals surface area (Å²) in [5.41, 5.74) is 8.03. The van der Waals surface area contributed by atoms with E-state index >= 15 is 0 Å². The monoisotopic (exact) mass is 340 g/mol. The molecule has 0 saturated carbocycles. The van der Waals surface area contributed by atoms with Crippen LogP contribution in [-0.2, 0) is 4.79 Å². The van der Waals surface area contributed by atoms with Crippen LogP contribution < -0.4 is 11.1 Å². The quantitative estimate of drug-likeness (QED) is 0.630. The van der Waals surface area contributed by atoms with Crippen LogP contribution in [0.2, 0.25) is 10.0 Å². The molecule has 0 aliphatic rings. The van der Waals surface area contributed by atoms with E-state index < -0.39 is 0 Å². The summed E-state index contributed by atoms with van der Waals surface area (Å²) >= 11 is 13.4. The summed E-state index contributed by atoms with van der Waals surface area (Å²) in [4.78, 5) is 13.0. The summed E-state index contributed by atoms with van der Waals surface area (Å²) in [5.74, 6) is 0.124. The van der Waals surface area contributed by atoms with Crippen molar-refractivity contribution in [2.75, 3.05) is 16.8 Å². The summed E-state index contributed by atoms with van der Waals surface area (Å²) in [6.07, 6.45) is 0. The molecule has 21 heavy (non-hydrogen) atoms. The van der Waals surface area contributed by atoms with Gasteiger partial charge in [0, 0.05) is 10.6 Å². The van der Waals surface area contributed by atoms with Gasteiger partial charge in [-0.25, -0.2) is 0 Å². The predicted octanol–water partition coefficient (Wildman–Crippen LogP) is 4.61. The van der Waals surface area contributed by atoms with E-state index in [0.717, 1.165) is 10.5 Å². The van der Waals surface area contributed by atoms with Crippen LogP contribution in [-0.4, -0.2) is 11.7 Å². The molecule has 0 radical (unpaired) electrons. The molecular formula is C15H14Cl2N2OS. The number of amides is 1. The van der Waals surface area contributed by atoms with Gasteiger partial charge in [-0.05, 0) is 36.8 Å². The normalized spacial score (nSPS) is 10.4. The molecule has 0 aliphatic carbocycles. The lowest BCUT2D eigenvalue weighted by Gasteiger charge is -2.09. The molecule has 2 rings (SSSR count). The van der Waals surface area contributed by atoms with Crippen LogP contribution in [0.4, 0.5) is 11.4 Å². The van der Waals surface area contributed by atoms with E-state index in [-0.39, 0.29) is 11.7 Å². The Hall–Kier alpha value is -1.36. The first-order chi connectivity index (χ1) is 9.97. The number of carbonyl (C=O) groups is 1. The van der Waals surface area contributed by atoms with Crippen molar-refractivity contribution >= 4 is 52.2 Å². The maximum atomic E-state index is 12.0. The van der Waals surface area contributed by atoms with Gasteiger partial charge in [0.05, 0.1) is 21.5 Å². The number of carbonyl (C=O) groups excluding carboxylic acids is 1. The molecule has 0 atom stereocenters. The standard InChI is InChI=1S/C15H14Cl2N2OS/c1-9-5-6-10(18)7-13(9)21-8-14(20)19-12-4-2-3-11(16)15(12)17/h2-7H,8,18H2,1H3,(H,19,20). The van der Waals surface area contributed by atoms with E-state index in [9.17, 15) is 4.79 Å². The molecule has 1 amide bonds. The van der Waals surface area contributed by atoms with Crippen LogP contribution in [0.3, 0.4) is 0 Å². The second-order valence-electron chi connectivity index (χ2n) is 4.46. The lowest BCUT2D eigenvalue weighted by atomic mass is 10.2. The average molecular weight is 341 g/mol. The molecule has 0 unspecified atom stereocenters. The zero-order valence-corrected chi connectivity index (χ0v) is 13.6. The minimum atomic E-state index is -0.147. The van der Waals surface area contributed by atoms with Gasteiger partial charge in [-0.15, -0.1) is 11.8 Å². The van der Waals surface area contributed by atoms with E-state index in [1.165, 1.54) is 11.8 Å². The highest BCUT2D eigenvalue weighted by Gasteiger charge is 2.09. The molecule has 2 aromatic rings. The van der Waals surface area contributed by atoms with Gasteiger partial charge in [0.1, 0.15) is 0 Å². The van der Waals surface area contributed by atoms with Gasteiger partial charge in [-0.3, -0.25) is 4.79 Å². The molecule has 0 heterocycles. The minimum absolute atomic E-state index is 0.147. The van der Waals surface area contributed by atoms with Crippen molar-refractivity contribution < 1.29 is 4.79 Å². The zero-order valence-electron chi connectivity index (χ0n) is 11.3. The lowest BCUT2D eigenvalue weighted by Crippen LogP contribution is -2.14. The van der Waals surface area contributed by atoms with E-state index in [2.05, 4.69) is 5.32 Å². The van der Waals surface area contributed by atoms with Gasteiger partial charge in [0.25, 0.3) is 0 Å². The highest BCUT2D eigenvalue weighted by Crippen LogP contribution is 2.30. The summed E-state index contributed by atoms with van der Waals surface area (Å²) in [7, 11) is 0. The number of benzene rings is 2. The number of nitrogens with two attached hydrogens (primary N) is 1. The summed E-state index contributed by atoms with van der Waals surface area (Å²) in [5, 5.41) is 3.50. The van der Waals surface area contributed by atoms with E-state index in [1.807, 2.05) is 25.1 Å². The van der Waals surface area contributed by atoms with Gasteiger partial charge < -0.3 is 11.1 Å². The van der Waals surface area contributed by atoms with Crippen LogP contribution in [0, 0.1) is 6.92 Å². The molecule has 0 saturated heterocycles. The van der Waals surface area contributed by atoms with Gasteiger partial charge in [0.15, 0.2) is 0 Å². The van der Waals surface area contributed by atoms with Crippen molar-refractivity contribution in [2.45, 2.75) is 11.8 Å².